The van der Waals surface area contributed by atoms with Crippen LogP contribution in [0, 0.1) is 5.92 Å². The normalized spacial score (nSPS) is 17.9. The fourth-order valence-corrected chi connectivity index (χ4v) is 1.78. The van der Waals surface area contributed by atoms with Gasteiger partial charge in [-0.3, -0.25) is 10.1 Å². The van der Waals surface area contributed by atoms with Crippen LogP contribution in [0.5, 0.6) is 0 Å². The maximum Gasteiger partial charge on any atom is 0.323 e. The summed E-state index contributed by atoms with van der Waals surface area (Å²) in [6.45, 7) is 11.7. The van der Waals surface area contributed by atoms with E-state index in [4.69, 9.17) is 4.74 Å². The topological polar surface area (TPSA) is 58.6 Å². The van der Waals surface area contributed by atoms with E-state index in [2.05, 4.69) is 19.2 Å². The summed E-state index contributed by atoms with van der Waals surface area (Å²) in [6.07, 6.45) is 0.420. The minimum Gasteiger partial charge on any atom is -0.480 e. The van der Waals surface area contributed by atoms with Gasteiger partial charge >= 0.3 is 5.97 Å². The van der Waals surface area contributed by atoms with Crippen molar-refractivity contribution in [1.82, 2.24) is 5.32 Å². The van der Waals surface area contributed by atoms with Crippen molar-refractivity contribution < 1.29 is 14.6 Å². The molecule has 0 aromatic carbocycles. The second-order valence-corrected chi connectivity index (χ2v) is 5.95. The molecule has 4 heteroatoms. The second kappa shape index (κ2) is 5.83. The number of nitrogens with one attached hydrogen (secondary N) is 1. The molecule has 0 spiro atoms. The lowest BCUT2D eigenvalue weighted by Crippen LogP contribution is -2.57. The highest BCUT2D eigenvalue weighted by Gasteiger charge is 2.40. The van der Waals surface area contributed by atoms with Gasteiger partial charge in [0, 0.05) is 19.6 Å². The lowest BCUT2D eigenvalue weighted by Gasteiger charge is -2.37. The molecule has 0 rings (SSSR count). The second-order valence-electron chi connectivity index (χ2n) is 5.95. The van der Waals surface area contributed by atoms with Crippen LogP contribution in [0.4, 0.5) is 0 Å². The van der Waals surface area contributed by atoms with Crippen molar-refractivity contribution in [1.29, 1.82) is 0 Å². The zero-order valence-electron chi connectivity index (χ0n) is 12.1. The monoisotopic (exact) mass is 245 g/mol. The van der Waals surface area contributed by atoms with Crippen molar-refractivity contribution in [2.24, 2.45) is 5.92 Å². The van der Waals surface area contributed by atoms with E-state index in [1.54, 1.807) is 14.0 Å². The SMILES string of the molecule is COC(C)(C)CC(C)(NC(C)C(C)C)C(=O)O. The first-order valence-electron chi connectivity index (χ1n) is 6.10. The summed E-state index contributed by atoms with van der Waals surface area (Å²) in [5.74, 6) is -0.450. The molecule has 17 heavy (non-hydrogen) atoms. The van der Waals surface area contributed by atoms with Gasteiger partial charge in [0.25, 0.3) is 0 Å². The molecule has 0 heterocycles. The number of rotatable bonds is 7. The van der Waals surface area contributed by atoms with E-state index < -0.39 is 17.1 Å². The predicted octanol–water partition coefficient (Wildman–Crippen LogP) is 2.28. The molecule has 0 aliphatic carbocycles. The van der Waals surface area contributed by atoms with E-state index in [-0.39, 0.29) is 6.04 Å². The van der Waals surface area contributed by atoms with Gasteiger partial charge in [-0.1, -0.05) is 13.8 Å². The number of ether oxygens (including phenoxy) is 1. The summed E-state index contributed by atoms with van der Waals surface area (Å²) < 4.78 is 5.32. The molecule has 0 aromatic rings. The zero-order valence-corrected chi connectivity index (χ0v) is 12.1. The quantitative estimate of drug-likeness (QED) is 0.722. The Morgan fingerprint density at radius 2 is 1.76 bits per heavy atom. The third-order valence-corrected chi connectivity index (χ3v) is 3.35. The zero-order chi connectivity index (χ0) is 13.9. The van der Waals surface area contributed by atoms with Crippen molar-refractivity contribution in [3.8, 4) is 0 Å². The first-order chi connectivity index (χ1) is 7.54. The highest BCUT2D eigenvalue weighted by molar-refractivity contribution is 5.78. The number of hydrogen-bond acceptors (Lipinski definition) is 3. The molecule has 0 bridgehead atoms. The van der Waals surface area contributed by atoms with Crippen molar-refractivity contribution >= 4 is 5.97 Å². The van der Waals surface area contributed by atoms with E-state index >= 15 is 0 Å². The predicted molar refractivity (Wildman–Crippen MR) is 69.2 cm³/mol. The van der Waals surface area contributed by atoms with E-state index in [0.29, 0.717) is 12.3 Å². The molecule has 2 unspecified atom stereocenters. The van der Waals surface area contributed by atoms with Gasteiger partial charge in [0.15, 0.2) is 0 Å². The van der Waals surface area contributed by atoms with Crippen LogP contribution in [0.1, 0.15) is 48.0 Å². The standard InChI is InChI=1S/C13H27NO3/c1-9(2)10(3)14-13(6,11(15)16)8-12(4,5)17-7/h9-10,14H,8H2,1-7H3,(H,15,16). The van der Waals surface area contributed by atoms with Crippen LogP contribution in [-0.4, -0.2) is 35.4 Å². The van der Waals surface area contributed by atoms with Gasteiger partial charge in [0.05, 0.1) is 5.60 Å². The molecule has 2 N–H and O–H groups in total. The van der Waals surface area contributed by atoms with Gasteiger partial charge in [-0.05, 0) is 33.6 Å². The maximum absolute atomic E-state index is 11.5. The summed E-state index contributed by atoms with van der Waals surface area (Å²) >= 11 is 0. The fourth-order valence-electron chi connectivity index (χ4n) is 1.78. The highest BCUT2D eigenvalue weighted by Crippen LogP contribution is 2.24. The summed E-state index contributed by atoms with van der Waals surface area (Å²) in [7, 11) is 1.61. The number of aliphatic carboxylic acids is 1. The first kappa shape index (κ1) is 16.4. The molecule has 0 saturated carbocycles. The number of hydrogen-bond donors (Lipinski definition) is 2. The molecule has 0 aliphatic rings. The van der Waals surface area contributed by atoms with Crippen LogP contribution in [0.3, 0.4) is 0 Å². The fraction of sp³-hybridized carbons (Fsp3) is 0.923. The van der Waals surface area contributed by atoms with E-state index in [1.165, 1.54) is 0 Å². The van der Waals surface area contributed by atoms with Gasteiger partial charge < -0.3 is 9.84 Å². The van der Waals surface area contributed by atoms with Gasteiger partial charge in [-0.25, -0.2) is 0 Å². The van der Waals surface area contributed by atoms with Crippen LogP contribution < -0.4 is 5.32 Å². The molecule has 0 aromatic heterocycles. The average molecular weight is 245 g/mol. The van der Waals surface area contributed by atoms with E-state index in [9.17, 15) is 9.90 Å². The Labute approximate surface area is 105 Å². The summed E-state index contributed by atoms with van der Waals surface area (Å²) in [5, 5.41) is 12.6. The van der Waals surface area contributed by atoms with Crippen LogP contribution >= 0.6 is 0 Å². The van der Waals surface area contributed by atoms with Crippen LogP contribution in [-0.2, 0) is 9.53 Å². The molecule has 0 aliphatic heterocycles. The van der Waals surface area contributed by atoms with E-state index in [1.807, 2.05) is 20.8 Å². The average Bonchev–Trinajstić information content (AvgIpc) is 2.16. The van der Waals surface area contributed by atoms with Crippen LogP contribution in [0.25, 0.3) is 0 Å². The maximum atomic E-state index is 11.5. The number of carbonyl (C=O) groups is 1. The van der Waals surface area contributed by atoms with Crippen LogP contribution in [0.2, 0.25) is 0 Å². The molecule has 0 amide bonds. The minimum atomic E-state index is -0.969. The van der Waals surface area contributed by atoms with Gasteiger partial charge in [-0.2, -0.15) is 0 Å². The minimum absolute atomic E-state index is 0.142. The van der Waals surface area contributed by atoms with Crippen molar-refractivity contribution in [3.05, 3.63) is 0 Å². The molecule has 0 saturated heterocycles. The Kier molecular flexibility index (Phi) is 5.62. The Morgan fingerprint density at radius 3 is 2.06 bits per heavy atom. The lowest BCUT2D eigenvalue weighted by molar-refractivity contribution is -0.148. The molecule has 0 fully saturated rings. The molecule has 2 atom stereocenters. The number of carboxylic acid groups (broad SMARTS) is 1. The number of carboxylic acids is 1. The van der Waals surface area contributed by atoms with Crippen molar-refractivity contribution in [2.75, 3.05) is 7.11 Å². The number of methoxy groups -OCH3 is 1. The molecule has 0 radical (unpaired) electrons. The van der Waals surface area contributed by atoms with E-state index in [0.717, 1.165) is 0 Å². The Bertz CT molecular complexity index is 263. The first-order valence-corrected chi connectivity index (χ1v) is 6.10. The molecule has 102 valence electrons. The van der Waals surface area contributed by atoms with Crippen molar-refractivity contribution in [2.45, 2.75) is 65.1 Å². The van der Waals surface area contributed by atoms with Gasteiger partial charge in [0.2, 0.25) is 0 Å². The molecule has 4 nitrogen and oxygen atoms in total. The third kappa shape index (κ3) is 5.04. The summed E-state index contributed by atoms with van der Waals surface area (Å²) in [6, 6.07) is 0.142. The highest BCUT2D eigenvalue weighted by atomic mass is 16.5. The lowest BCUT2D eigenvalue weighted by atomic mass is 9.86. The largest absolute Gasteiger partial charge is 0.480 e. The summed E-state index contributed by atoms with van der Waals surface area (Å²) in [4.78, 5) is 11.5. The summed E-state index contributed by atoms with van der Waals surface area (Å²) in [5.41, 5.74) is -1.43. The van der Waals surface area contributed by atoms with Gasteiger partial charge in [0.1, 0.15) is 5.54 Å². The smallest absolute Gasteiger partial charge is 0.323 e. The molecular weight excluding hydrogens is 218 g/mol. The molecular formula is C13H27NO3. The Balaban J connectivity index is 4.87. The Hall–Kier alpha value is -0.610. The Morgan fingerprint density at radius 1 is 1.29 bits per heavy atom. The third-order valence-electron chi connectivity index (χ3n) is 3.35. The van der Waals surface area contributed by atoms with Gasteiger partial charge in [-0.15, -0.1) is 0 Å². The van der Waals surface area contributed by atoms with Crippen molar-refractivity contribution in [3.63, 3.8) is 0 Å². The van der Waals surface area contributed by atoms with Crippen LogP contribution in [0.15, 0.2) is 0 Å².